The number of imidazole rings is 1. The van der Waals surface area contributed by atoms with Gasteiger partial charge in [0.1, 0.15) is 11.6 Å². The highest BCUT2D eigenvalue weighted by Gasteiger charge is 2.38. The van der Waals surface area contributed by atoms with Crippen molar-refractivity contribution in [1.82, 2.24) is 14.5 Å². The molecular weight excluding hydrogens is 374 g/mol. The zero-order valence-corrected chi connectivity index (χ0v) is 18.4. The van der Waals surface area contributed by atoms with Crippen LogP contribution < -0.4 is 4.74 Å². The van der Waals surface area contributed by atoms with Crippen molar-refractivity contribution in [2.24, 2.45) is 0 Å². The third-order valence-electron chi connectivity index (χ3n) is 5.77. The number of amides is 1. The Hall–Kier alpha value is -2.82. The van der Waals surface area contributed by atoms with Crippen molar-refractivity contribution in [3.63, 3.8) is 0 Å². The summed E-state index contributed by atoms with van der Waals surface area (Å²) in [5.41, 5.74) is 3.16. The minimum absolute atomic E-state index is 0.127. The summed E-state index contributed by atoms with van der Waals surface area (Å²) in [6, 6.07) is 16.4. The van der Waals surface area contributed by atoms with Crippen molar-refractivity contribution in [2.75, 3.05) is 13.2 Å². The fraction of sp³-hybridized carbons (Fsp3) is 0.440. The van der Waals surface area contributed by atoms with Gasteiger partial charge in [-0.1, -0.05) is 24.3 Å². The topological polar surface area (TPSA) is 47.4 Å². The van der Waals surface area contributed by atoms with Crippen LogP contribution in [0.3, 0.4) is 0 Å². The number of likely N-dealkylation sites (tertiary alicyclic amines) is 1. The number of hydrogen-bond acceptors (Lipinski definition) is 3. The van der Waals surface area contributed by atoms with E-state index >= 15 is 0 Å². The van der Waals surface area contributed by atoms with E-state index in [9.17, 15) is 4.79 Å². The maximum atomic E-state index is 12.6. The number of carbonyl (C=O) groups is 1. The predicted molar refractivity (Wildman–Crippen MR) is 120 cm³/mol. The lowest BCUT2D eigenvalue weighted by molar-refractivity contribution is -0.131. The molecule has 1 amide bonds. The molecule has 0 saturated carbocycles. The Morgan fingerprint density at radius 1 is 1.13 bits per heavy atom. The number of benzene rings is 2. The van der Waals surface area contributed by atoms with Gasteiger partial charge in [0.15, 0.2) is 0 Å². The molecule has 1 aliphatic rings. The standard InChI is InChI=1S/C25H31N3O2/c1-18-9-7-10-20(15-18)30-14-8-13-27-22-12-6-5-11-21(22)26-24(27)19-16-23(29)28(17-19)25(2,3)4/h5-7,9-12,15,19H,8,13-14,16-17H2,1-4H3/t19-/m0/s1. The van der Waals surface area contributed by atoms with Crippen LogP contribution in [-0.4, -0.2) is 39.0 Å². The number of aromatic nitrogens is 2. The summed E-state index contributed by atoms with van der Waals surface area (Å²) in [4.78, 5) is 19.6. The van der Waals surface area contributed by atoms with E-state index in [2.05, 4.69) is 62.6 Å². The van der Waals surface area contributed by atoms with Crippen LogP contribution in [0.2, 0.25) is 0 Å². The highest BCUT2D eigenvalue weighted by Crippen LogP contribution is 2.34. The Labute approximate surface area is 178 Å². The van der Waals surface area contributed by atoms with Crippen molar-refractivity contribution >= 4 is 16.9 Å². The molecule has 4 rings (SSSR count). The molecule has 1 fully saturated rings. The van der Waals surface area contributed by atoms with Gasteiger partial charge in [0.2, 0.25) is 5.91 Å². The molecule has 30 heavy (non-hydrogen) atoms. The Bertz CT molecular complexity index is 1050. The number of rotatable bonds is 6. The molecule has 0 spiro atoms. The van der Waals surface area contributed by atoms with Crippen LogP contribution in [0.15, 0.2) is 48.5 Å². The van der Waals surface area contributed by atoms with E-state index < -0.39 is 0 Å². The second-order valence-corrected chi connectivity index (χ2v) is 9.21. The van der Waals surface area contributed by atoms with Crippen LogP contribution in [-0.2, 0) is 11.3 Å². The van der Waals surface area contributed by atoms with Crippen molar-refractivity contribution in [3.05, 3.63) is 59.9 Å². The minimum Gasteiger partial charge on any atom is -0.494 e. The van der Waals surface area contributed by atoms with Crippen LogP contribution in [0, 0.1) is 6.92 Å². The van der Waals surface area contributed by atoms with Gasteiger partial charge in [-0.3, -0.25) is 4.79 Å². The average molecular weight is 406 g/mol. The van der Waals surface area contributed by atoms with Gasteiger partial charge in [-0.15, -0.1) is 0 Å². The van der Waals surface area contributed by atoms with Crippen LogP contribution in [0.25, 0.3) is 11.0 Å². The van der Waals surface area contributed by atoms with Crippen LogP contribution in [0.1, 0.15) is 50.9 Å². The first-order valence-electron chi connectivity index (χ1n) is 10.8. The quantitative estimate of drug-likeness (QED) is 0.547. The number of para-hydroxylation sites is 2. The van der Waals surface area contributed by atoms with Crippen molar-refractivity contribution in [3.8, 4) is 5.75 Å². The lowest BCUT2D eigenvalue weighted by Gasteiger charge is -2.32. The molecular formula is C25H31N3O2. The molecule has 1 aliphatic heterocycles. The number of nitrogens with zero attached hydrogens (tertiary/aromatic N) is 3. The van der Waals surface area contributed by atoms with Crippen molar-refractivity contribution in [1.29, 1.82) is 0 Å². The van der Waals surface area contributed by atoms with Crippen LogP contribution in [0.5, 0.6) is 5.75 Å². The summed E-state index contributed by atoms with van der Waals surface area (Å²) in [6.07, 6.45) is 1.41. The highest BCUT2D eigenvalue weighted by atomic mass is 16.5. The maximum absolute atomic E-state index is 12.6. The second kappa shape index (κ2) is 8.13. The first-order chi connectivity index (χ1) is 14.3. The van der Waals surface area contributed by atoms with Crippen molar-refractivity contribution < 1.29 is 9.53 Å². The summed E-state index contributed by atoms with van der Waals surface area (Å²) in [5, 5.41) is 0. The number of carbonyl (C=O) groups excluding carboxylic acids is 1. The Morgan fingerprint density at radius 2 is 1.93 bits per heavy atom. The fourth-order valence-corrected chi connectivity index (χ4v) is 4.29. The Balaban J connectivity index is 1.52. The zero-order chi connectivity index (χ0) is 21.3. The maximum Gasteiger partial charge on any atom is 0.223 e. The zero-order valence-electron chi connectivity index (χ0n) is 18.4. The summed E-state index contributed by atoms with van der Waals surface area (Å²) >= 11 is 0. The number of aryl methyl sites for hydroxylation is 2. The molecule has 1 saturated heterocycles. The largest absolute Gasteiger partial charge is 0.494 e. The van der Waals surface area contributed by atoms with E-state index in [1.165, 1.54) is 5.56 Å². The molecule has 0 bridgehead atoms. The van der Waals surface area contributed by atoms with Gasteiger partial charge in [-0.2, -0.15) is 0 Å². The molecule has 2 heterocycles. The van der Waals surface area contributed by atoms with E-state index in [0.29, 0.717) is 13.0 Å². The summed E-state index contributed by atoms with van der Waals surface area (Å²) in [5.74, 6) is 2.27. The van der Waals surface area contributed by atoms with Crippen molar-refractivity contribution in [2.45, 2.75) is 58.5 Å². The van der Waals surface area contributed by atoms with E-state index in [0.717, 1.165) is 42.1 Å². The normalized spacial score (nSPS) is 17.1. The first-order valence-corrected chi connectivity index (χ1v) is 10.8. The molecule has 5 nitrogen and oxygen atoms in total. The molecule has 158 valence electrons. The molecule has 0 unspecified atom stereocenters. The molecule has 0 radical (unpaired) electrons. The average Bonchev–Trinajstić information content (AvgIpc) is 3.26. The Kier molecular flexibility index (Phi) is 5.54. The van der Waals surface area contributed by atoms with Crippen LogP contribution in [0.4, 0.5) is 0 Å². The third kappa shape index (κ3) is 4.20. The van der Waals surface area contributed by atoms with E-state index in [1.54, 1.807) is 0 Å². The molecule has 1 aromatic heterocycles. The van der Waals surface area contributed by atoms with Gasteiger partial charge >= 0.3 is 0 Å². The molecule has 0 aliphatic carbocycles. The van der Waals surface area contributed by atoms with Gasteiger partial charge in [-0.25, -0.2) is 4.98 Å². The third-order valence-corrected chi connectivity index (χ3v) is 5.77. The molecule has 1 atom stereocenters. The SMILES string of the molecule is Cc1cccc(OCCCn2c([C@H]3CC(=O)N(C(C)(C)C)C3)nc3ccccc32)c1. The number of ether oxygens (including phenoxy) is 1. The summed E-state index contributed by atoms with van der Waals surface area (Å²) in [6.45, 7) is 10.6. The minimum atomic E-state index is -0.162. The van der Waals surface area contributed by atoms with Gasteiger partial charge in [0.25, 0.3) is 0 Å². The molecule has 3 aromatic rings. The number of hydrogen-bond donors (Lipinski definition) is 0. The molecule has 0 N–H and O–H groups in total. The van der Waals surface area contributed by atoms with Gasteiger partial charge in [0, 0.05) is 31.0 Å². The lowest BCUT2D eigenvalue weighted by Crippen LogP contribution is -2.42. The van der Waals surface area contributed by atoms with E-state index in [-0.39, 0.29) is 17.4 Å². The van der Waals surface area contributed by atoms with Gasteiger partial charge in [-0.05, 0) is 63.9 Å². The predicted octanol–water partition coefficient (Wildman–Crippen LogP) is 4.93. The number of fused-ring (bicyclic) bond motifs is 1. The smallest absolute Gasteiger partial charge is 0.223 e. The first kappa shape index (κ1) is 20.5. The monoisotopic (exact) mass is 405 g/mol. The lowest BCUT2D eigenvalue weighted by atomic mass is 10.1. The Morgan fingerprint density at radius 3 is 2.67 bits per heavy atom. The molecule has 2 aromatic carbocycles. The fourth-order valence-electron chi connectivity index (χ4n) is 4.29. The highest BCUT2D eigenvalue weighted by molar-refractivity contribution is 5.81. The molecule has 5 heteroatoms. The second-order valence-electron chi connectivity index (χ2n) is 9.21. The van der Waals surface area contributed by atoms with E-state index in [1.807, 2.05) is 23.1 Å². The van der Waals surface area contributed by atoms with Crippen LogP contribution >= 0.6 is 0 Å². The summed E-state index contributed by atoms with van der Waals surface area (Å²) in [7, 11) is 0. The van der Waals surface area contributed by atoms with Gasteiger partial charge in [0.05, 0.1) is 17.6 Å². The van der Waals surface area contributed by atoms with Gasteiger partial charge < -0.3 is 14.2 Å². The van der Waals surface area contributed by atoms with E-state index in [4.69, 9.17) is 9.72 Å². The summed E-state index contributed by atoms with van der Waals surface area (Å²) < 4.78 is 8.24.